The molecule has 1 heterocycles. The SMILES string of the molecule is NC1C2CCC(C2)C1C(=O)NCCCc1ncn[nH]1. The van der Waals surface area contributed by atoms with Crippen LogP contribution in [0.1, 0.15) is 31.5 Å². The van der Waals surface area contributed by atoms with Gasteiger partial charge in [-0.05, 0) is 37.5 Å². The number of amides is 1. The van der Waals surface area contributed by atoms with Crippen molar-refractivity contribution in [2.45, 2.75) is 38.1 Å². The fourth-order valence-electron chi connectivity index (χ4n) is 3.66. The number of rotatable bonds is 5. The molecule has 4 atom stereocenters. The van der Waals surface area contributed by atoms with E-state index in [1.807, 2.05) is 0 Å². The molecule has 1 amide bonds. The molecule has 1 aromatic heterocycles. The topological polar surface area (TPSA) is 96.7 Å². The van der Waals surface area contributed by atoms with Crippen LogP contribution in [0.3, 0.4) is 0 Å². The fraction of sp³-hybridized carbons (Fsp3) is 0.769. The predicted molar refractivity (Wildman–Crippen MR) is 70.0 cm³/mol. The summed E-state index contributed by atoms with van der Waals surface area (Å²) in [4.78, 5) is 16.2. The van der Waals surface area contributed by atoms with E-state index in [4.69, 9.17) is 5.73 Å². The van der Waals surface area contributed by atoms with Gasteiger partial charge in [0.15, 0.2) is 0 Å². The highest BCUT2D eigenvalue weighted by atomic mass is 16.1. The van der Waals surface area contributed by atoms with E-state index in [0.717, 1.165) is 25.1 Å². The second-order valence-corrected chi connectivity index (χ2v) is 5.76. The number of hydrogen-bond acceptors (Lipinski definition) is 4. The van der Waals surface area contributed by atoms with Gasteiger partial charge >= 0.3 is 0 Å². The summed E-state index contributed by atoms with van der Waals surface area (Å²) in [5.41, 5.74) is 6.16. The maximum Gasteiger partial charge on any atom is 0.224 e. The van der Waals surface area contributed by atoms with Crippen LogP contribution < -0.4 is 11.1 Å². The highest BCUT2D eigenvalue weighted by Crippen LogP contribution is 2.47. The lowest BCUT2D eigenvalue weighted by molar-refractivity contribution is -0.127. The van der Waals surface area contributed by atoms with Gasteiger partial charge in [-0.15, -0.1) is 0 Å². The standard InChI is InChI=1S/C13H21N5O/c14-12-9-4-3-8(6-9)11(12)13(19)15-5-1-2-10-16-7-17-18-10/h7-9,11-12H,1-6,14H2,(H,15,19)(H,16,17,18). The molecule has 6 heteroatoms. The van der Waals surface area contributed by atoms with Crippen LogP contribution in [0, 0.1) is 17.8 Å². The monoisotopic (exact) mass is 263 g/mol. The molecular weight excluding hydrogens is 242 g/mol. The number of H-pyrrole nitrogens is 1. The Morgan fingerprint density at radius 2 is 2.32 bits per heavy atom. The third-order valence-corrected chi connectivity index (χ3v) is 4.64. The van der Waals surface area contributed by atoms with Crippen LogP contribution in [-0.4, -0.2) is 33.7 Å². The Morgan fingerprint density at radius 1 is 1.47 bits per heavy atom. The zero-order valence-electron chi connectivity index (χ0n) is 11.0. The summed E-state index contributed by atoms with van der Waals surface area (Å²) in [6.45, 7) is 0.681. The molecule has 0 saturated heterocycles. The molecule has 0 radical (unpaired) electrons. The van der Waals surface area contributed by atoms with Crippen molar-refractivity contribution in [3.63, 3.8) is 0 Å². The van der Waals surface area contributed by atoms with E-state index >= 15 is 0 Å². The van der Waals surface area contributed by atoms with Gasteiger partial charge < -0.3 is 11.1 Å². The smallest absolute Gasteiger partial charge is 0.224 e. The summed E-state index contributed by atoms with van der Waals surface area (Å²) in [7, 11) is 0. The molecule has 104 valence electrons. The number of aromatic nitrogens is 3. The Morgan fingerprint density at radius 3 is 3.00 bits per heavy atom. The molecule has 2 fully saturated rings. The van der Waals surface area contributed by atoms with Crippen LogP contribution in [-0.2, 0) is 11.2 Å². The number of aryl methyl sites for hydroxylation is 1. The fourth-order valence-corrected chi connectivity index (χ4v) is 3.66. The number of nitrogens with two attached hydrogens (primary N) is 1. The predicted octanol–water partition coefficient (Wildman–Crippen LogP) is 0.227. The van der Waals surface area contributed by atoms with Gasteiger partial charge in [0.25, 0.3) is 0 Å². The number of fused-ring (bicyclic) bond motifs is 2. The summed E-state index contributed by atoms with van der Waals surface area (Å²) in [5.74, 6) is 2.16. The van der Waals surface area contributed by atoms with Crippen molar-refractivity contribution in [1.82, 2.24) is 20.5 Å². The van der Waals surface area contributed by atoms with Crippen molar-refractivity contribution in [2.75, 3.05) is 6.54 Å². The maximum atomic E-state index is 12.2. The molecule has 0 aromatic carbocycles. The lowest BCUT2D eigenvalue weighted by Gasteiger charge is -2.26. The third-order valence-electron chi connectivity index (χ3n) is 4.64. The zero-order chi connectivity index (χ0) is 13.2. The van der Waals surface area contributed by atoms with Gasteiger partial charge in [-0.25, -0.2) is 4.98 Å². The van der Waals surface area contributed by atoms with Gasteiger partial charge in [0.05, 0.1) is 5.92 Å². The number of carbonyl (C=O) groups excluding carboxylic acids is 1. The van der Waals surface area contributed by atoms with Crippen molar-refractivity contribution in [3.8, 4) is 0 Å². The molecule has 2 bridgehead atoms. The first kappa shape index (κ1) is 12.6. The van der Waals surface area contributed by atoms with Crippen LogP contribution in [0.2, 0.25) is 0 Å². The molecule has 6 nitrogen and oxygen atoms in total. The van der Waals surface area contributed by atoms with E-state index < -0.39 is 0 Å². The van der Waals surface area contributed by atoms with E-state index in [9.17, 15) is 4.79 Å². The summed E-state index contributed by atoms with van der Waals surface area (Å²) < 4.78 is 0. The minimum Gasteiger partial charge on any atom is -0.356 e. The quantitative estimate of drug-likeness (QED) is 0.662. The maximum absolute atomic E-state index is 12.2. The van der Waals surface area contributed by atoms with Gasteiger partial charge in [0.2, 0.25) is 5.91 Å². The number of hydrogen-bond donors (Lipinski definition) is 3. The van der Waals surface area contributed by atoms with Crippen molar-refractivity contribution >= 4 is 5.91 Å². The average molecular weight is 263 g/mol. The lowest BCUT2D eigenvalue weighted by Crippen LogP contribution is -2.45. The van der Waals surface area contributed by atoms with E-state index in [0.29, 0.717) is 18.4 Å². The van der Waals surface area contributed by atoms with Gasteiger partial charge in [-0.1, -0.05) is 0 Å². The molecule has 4 N–H and O–H groups in total. The van der Waals surface area contributed by atoms with Crippen LogP contribution in [0.15, 0.2) is 6.33 Å². The summed E-state index contributed by atoms with van der Waals surface area (Å²) in [6.07, 6.45) is 6.72. The molecular formula is C13H21N5O. The first-order valence-electron chi connectivity index (χ1n) is 7.13. The largest absolute Gasteiger partial charge is 0.356 e. The van der Waals surface area contributed by atoms with Gasteiger partial charge in [0, 0.05) is 19.0 Å². The second kappa shape index (κ2) is 5.28. The number of carbonyl (C=O) groups is 1. The molecule has 19 heavy (non-hydrogen) atoms. The summed E-state index contributed by atoms with van der Waals surface area (Å²) in [5, 5.41) is 9.63. The van der Waals surface area contributed by atoms with E-state index in [1.165, 1.54) is 19.2 Å². The molecule has 2 saturated carbocycles. The van der Waals surface area contributed by atoms with E-state index in [1.54, 1.807) is 0 Å². The third kappa shape index (κ3) is 2.49. The molecule has 0 aliphatic heterocycles. The lowest BCUT2D eigenvalue weighted by atomic mass is 9.84. The average Bonchev–Trinajstić information content (AvgIpc) is 3.10. The van der Waals surface area contributed by atoms with Crippen molar-refractivity contribution < 1.29 is 4.79 Å². The number of aromatic amines is 1. The van der Waals surface area contributed by atoms with Crippen molar-refractivity contribution in [2.24, 2.45) is 23.5 Å². The number of nitrogens with zero attached hydrogens (tertiary/aromatic N) is 2. The molecule has 1 aromatic rings. The number of nitrogens with one attached hydrogen (secondary N) is 2. The van der Waals surface area contributed by atoms with Crippen LogP contribution in [0.4, 0.5) is 0 Å². The van der Waals surface area contributed by atoms with Crippen LogP contribution >= 0.6 is 0 Å². The molecule has 0 spiro atoms. The Balaban J connectivity index is 1.42. The summed E-state index contributed by atoms with van der Waals surface area (Å²) in [6, 6.07) is 0.0769. The van der Waals surface area contributed by atoms with Gasteiger partial charge in [0.1, 0.15) is 12.2 Å². The Hall–Kier alpha value is -1.43. The van der Waals surface area contributed by atoms with E-state index in [2.05, 4.69) is 20.5 Å². The highest BCUT2D eigenvalue weighted by Gasteiger charge is 2.48. The normalized spacial score (nSPS) is 32.7. The van der Waals surface area contributed by atoms with Crippen LogP contribution in [0.25, 0.3) is 0 Å². The van der Waals surface area contributed by atoms with Gasteiger partial charge in [-0.3, -0.25) is 9.89 Å². The first-order valence-corrected chi connectivity index (χ1v) is 7.13. The Kier molecular flexibility index (Phi) is 3.50. The zero-order valence-corrected chi connectivity index (χ0v) is 11.0. The molecule has 2 aliphatic rings. The highest BCUT2D eigenvalue weighted by molar-refractivity contribution is 5.80. The Bertz CT molecular complexity index is 430. The summed E-state index contributed by atoms with van der Waals surface area (Å²) >= 11 is 0. The van der Waals surface area contributed by atoms with Crippen molar-refractivity contribution in [3.05, 3.63) is 12.2 Å². The van der Waals surface area contributed by atoms with Crippen molar-refractivity contribution in [1.29, 1.82) is 0 Å². The van der Waals surface area contributed by atoms with E-state index in [-0.39, 0.29) is 17.9 Å². The molecule has 3 rings (SSSR count). The molecule has 2 aliphatic carbocycles. The second-order valence-electron chi connectivity index (χ2n) is 5.76. The van der Waals surface area contributed by atoms with Gasteiger partial charge in [-0.2, -0.15) is 5.10 Å². The minimum atomic E-state index is 0.0454. The first-order chi connectivity index (χ1) is 9.25. The Labute approximate surface area is 112 Å². The molecule has 4 unspecified atom stereocenters. The van der Waals surface area contributed by atoms with Crippen LogP contribution in [0.5, 0.6) is 0 Å². The minimum absolute atomic E-state index is 0.0454.